The SMILES string of the molecule is COc1cc(/C=N/NS(=O)(=O)c2ccc(C)c([N+](=O)[O-])c2)cc(OC)c1OC(C)=O. The van der Waals surface area contributed by atoms with E-state index in [-0.39, 0.29) is 27.8 Å². The lowest BCUT2D eigenvalue weighted by atomic mass is 10.2. The molecule has 11 nitrogen and oxygen atoms in total. The first-order chi connectivity index (χ1) is 14.1. The third-order valence-corrected chi connectivity index (χ3v) is 5.02. The first-order valence-electron chi connectivity index (χ1n) is 8.33. The van der Waals surface area contributed by atoms with E-state index in [0.717, 1.165) is 6.07 Å². The van der Waals surface area contributed by atoms with Gasteiger partial charge in [0, 0.05) is 24.1 Å². The van der Waals surface area contributed by atoms with Gasteiger partial charge >= 0.3 is 5.97 Å². The zero-order chi connectivity index (χ0) is 22.5. The van der Waals surface area contributed by atoms with Crippen LogP contribution in [0.3, 0.4) is 0 Å². The van der Waals surface area contributed by atoms with Crippen molar-refractivity contribution in [3.8, 4) is 17.2 Å². The van der Waals surface area contributed by atoms with Crippen LogP contribution in [0.5, 0.6) is 17.2 Å². The molecule has 0 saturated heterocycles. The Balaban J connectivity index is 2.31. The summed E-state index contributed by atoms with van der Waals surface area (Å²) in [5, 5.41) is 14.7. The standard InChI is InChI=1S/C18H19N3O8S/c1-11-5-6-14(9-15(11)21(23)24)30(25,26)20-19-10-13-7-16(27-3)18(29-12(2)22)17(8-13)28-4/h5-10,20H,1-4H3/b19-10+. The Bertz CT molecular complexity index is 1090. The predicted octanol–water partition coefficient (Wildman–Crippen LogP) is 2.16. The lowest BCUT2D eigenvalue weighted by Crippen LogP contribution is -2.18. The highest BCUT2D eigenvalue weighted by atomic mass is 32.2. The van der Waals surface area contributed by atoms with Gasteiger partial charge in [-0.2, -0.15) is 13.5 Å². The summed E-state index contributed by atoms with van der Waals surface area (Å²) in [5.74, 6) is -0.170. The first-order valence-corrected chi connectivity index (χ1v) is 9.81. The number of sulfonamides is 1. The van der Waals surface area contributed by atoms with Crippen LogP contribution in [0.1, 0.15) is 18.1 Å². The molecule has 2 aromatic carbocycles. The fourth-order valence-electron chi connectivity index (χ4n) is 2.40. The maximum absolute atomic E-state index is 12.4. The molecule has 1 N–H and O–H groups in total. The monoisotopic (exact) mass is 437 g/mol. The van der Waals surface area contributed by atoms with Crippen molar-refractivity contribution < 1.29 is 32.3 Å². The van der Waals surface area contributed by atoms with E-state index in [1.54, 1.807) is 0 Å². The van der Waals surface area contributed by atoms with Gasteiger partial charge in [0.2, 0.25) is 5.75 Å². The van der Waals surface area contributed by atoms with Crippen molar-refractivity contribution in [2.45, 2.75) is 18.7 Å². The van der Waals surface area contributed by atoms with Crippen molar-refractivity contribution in [3.05, 3.63) is 51.6 Å². The minimum atomic E-state index is -4.14. The summed E-state index contributed by atoms with van der Waals surface area (Å²) in [6, 6.07) is 6.43. The largest absolute Gasteiger partial charge is 0.493 e. The second-order valence-corrected chi connectivity index (χ2v) is 7.57. The smallest absolute Gasteiger partial charge is 0.308 e. The van der Waals surface area contributed by atoms with Crippen LogP contribution in [0.15, 0.2) is 40.3 Å². The molecular weight excluding hydrogens is 418 g/mol. The number of carbonyl (C=O) groups excluding carboxylic acids is 1. The van der Waals surface area contributed by atoms with Gasteiger partial charge in [-0.15, -0.1) is 0 Å². The molecule has 0 aliphatic rings. The molecule has 0 heterocycles. The molecule has 12 heteroatoms. The zero-order valence-corrected chi connectivity index (χ0v) is 17.3. The summed E-state index contributed by atoms with van der Waals surface area (Å²) in [6.45, 7) is 2.72. The Hall–Kier alpha value is -3.67. The number of benzene rings is 2. The van der Waals surface area contributed by atoms with Crippen LogP contribution >= 0.6 is 0 Å². The van der Waals surface area contributed by atoms with E-state index in [4.69, 9.17) is 14.2 Å². The molecule has 0 saturated carbocycles. The highest BCUT2D eigenvalue weighted by Crippen LogP contribution is 2.38. The van der Waals surface area contributed by atoms with Crippen LogP contribution in [0.25, 0.3) is 0 Å². The van der Waals surface area contributed by atoms with Gasteiger partial charge in [0.15, 0.2) is 11.5 Å². The molecule has 2 aromatic rings. The molecule has 0 unspecified atom stereocenters. The Morgan fingerprint density at radius 2 is 1.77 bits per heavy atom. The number of esters is 1. The number of ether oxygens (including phenoxy) is 3. The number of hydrogen-bond donors (Lipinski definition) is 1. The molecule has 0 bridgehead atoms. The summed E-state index contributed by atoms with van der Waals surface area (Å²) in [5.41, 5.74) is 0.379. The predicted molar refractivity (Wildman–Crippen MR) is 107 cm³/mol. The molecule has 2 rings (SSSR count). The van der Waals surface area contributed by atoms with Gasteiger partial charge in [-0.3, -0.25) is 14.9 Å². The molecule has 0 spiro atoms. The number of nitrogens with one attached hydrogen (secondary N) is 1. The summed E-state index contributed by atoms with van der Waals surface area (Å²) in [4.78, 5) is 23.3. The molecule has 0 aliphatic heterocycles. The van der Waals surface area contributed by atoms with Crippen LogP contribution in [-0.4, -0.2) is 39.7 Å². The van der Waals surface area contributed by atoms with Crippen molar-refractivity contribution >= 4 is 27.9 Å². The quantitative estimate of drug-likeness (QED) is 0.217. The van der Waals surface area contributed by atoms with Crippen LogP contribution in [-0.2, 0) is 14.8 Å². The average molecular weight is 437 g/mol. The topological polar surface area (TPSA) is 146 Å². The summed E-state index contributed by atoms with van der Waals surface area (Å²) in [6.07, 6.45) is 1.17. The normalized spacial score (nSPS) is 11.2. The fraction of sp³-hybridized carbons (Fsp3) is 0.222. The number of carbonyl (C=O) groups is 1. The van der Waals surface area contributed by atoms with Gasteiger partial charge < -0.3 is 14.2 Å². The van der Waals surface area contributed by atoms with Gasteiger partial charge in [0.1, 0.15) is 0 Å². The minimum Gasteiger partial charge on any atom is -0.493 e. The molecule has 0 aliphatic carbocycles. The molecule has 0 aromatic heterocycles. The lowest BCUT2D eigenvalue weighted by molar-refractivity contribution is -0.385. The van der Waals surface area contributed by atoms with E-state index in [2.05, 4.69) is 5.10 Å². The molecular formula is C18H19N3O8S. The van der Waals surface area contributed by atoms with Gasteiger partial charge in [0.25, 0.3) is 15.7 Å². The maximum Gasteiger partial charge on any atom is 0.308 e. The van der Waals surface area contributed by atoms with Gasteiger partial charge in [0.05, 0.1) is 30.3 Å². The number of methoxy groups -OCH3 is 2. The Morgan fingerprint density at radius 1 is 1.17 bits per heavy atom. The molecule has 0 radical (unpaired) electrons. The third-order valence-electron chi connectivity index (χ3n) is 3.80. The first kappa shape index (κ1) is 22.6. The van der Waals surface area contributed by atoms with Crippen LogP contribution in [0.4, 0.5) is 5.69 Å². The Labute approximate surface area is 172 Å². The summed E-state index contributed by atoms with van der Waals surface area (Å²) < 4.78 is 40.2. The van der Waals surface area contributed by atoms with Crippen LogP contribution in [0, 0.1) is 17.0 Å². The molecule has 0 amide bonds. The van der Waals surface area contributed by atoms with Gasteiger partial charge in [-0.25, -0.2) is 4.83 Å². The minimum absolute atomic E-state index is 0.0668. The van der Waals surface area contributed by atoms with E-state index in [0.29, 0.717) is 11.1 Å². The summed E-state index contributed by atoms with van der Waals surface area (Å²) in [7, 11) is -1.43. The number of aryl methyl sites for hydroxylation is 1. The van der Waals surface area contributed by atoms with Crippen molar-refractivity contribution in [1.82, 2.24) is 4.83 Å². The number of nitrogens with zero attached hydrogens (tertiary/aromatic N) is 2. The van der Waals surface area contributed by atoms with E-state index in [9.17, 15) is 23.3 Å². The lowest BCUT2D eigenvalue weighted by Gasteiger charge is -2.13. The van der Waals surface area contributed by atoms with Crippen LogP contribution in [0.2, 0.25) is 0 Å². The van der Waals surface area contributed by atoms with Crippen molar-refractivity contribution in [1.29, 1.82) is 0 Å². The highest BCUT2D eigenvalue weighted by molar-refractivity contribution is 7.89. The number of hydrogen-bond acceptors (Lipinski definition) is 9. The second-order valence-electron chi connectivity index (χ2n) is 5.91. The molecule has 0 fully saturated rings. The Kier molecular flexibility index (Phi) is 6.95. The van der Waals surface area contributed by atoms with Crippen molar-refractivity contribution in [2.24, 2.45) is 5.10 Å². The maximum atomic E-state index is 12.4. The van der Waals surface area contributed by atoms with Gasteiger partial charge in [-0.05, 0) is 25.1 Å². The Morgan fingerprint density at radius 3 is 2.27 bits per heavy atom. The number of hydrazone groups is 1. The average Bonchev–Trinajstić information content (AvgIpc) is 2.68. The van der Waals surface area contributed by atoms with Crippen molar-refractivity contribution in [3.63, 3.8) is 0 Å². The number of nitro groups is 1. The van der Waals surface area contributed by atoms with E-state index < -0.39 is 20.9 Å². The highest BCUT2D eigenvalue weighted by Gasteiger charge is 2.19. The zero-order valence-electron chi connectivity index (χ0n) is 16.5. The van der Waals surface area contributed by atoms with Crippen LogP contribution < -0.4 is 19.0 Å². The fourth-order valence-corrected chi connectivity index (χ4v) is 3.21. The number of nitro benzene ring substituents is 1. The molecule has 160 valence electrons. The molecule has 0 atom stereocenters. The van der Waals surface area contributed by atoms with E-state index in [1.807, 2.05) is 4.83 Å². The van der Waals surface area contributed by atoms with Crippen molar-refractivity contribution in [2.75, 3.05) is 14.2 Å². The van der Waals surface area contributed by atoms with Gasteiger partial charge in [-0.1, -0.05) is 6.07 Å². The number of rotatable bonds is 8. The van der Waals surface area contributed by atoms with E-state index in [1.165, 1.54) is 58.5 Å². The van der Waals surface area contributed by atoms with E-state index >= 15 is 0 Å². The molecule has 30 heavy (non-hydrogen) atoms. The summed E-state index contributed by atoms with van der Waals surface area (Å²) >= 11 is 0. The third kappa shape index (κ3) is 5.23. The second kappa shape index (κ2) is 9.22.